The second-order valence-corrected chi connectivity index (χ2v) is 8.21. The Labute approximate surface area is 171 Å². The maximum Gasteiger partial charge on any atom is 0.240 e. The molecule has 2 fully saturated rings. The van der Waals surface area contributed by atoms with Crippen LogP contribution in [0.25, 0.3) is 0 Å². The average molecular weight is 396 g/mol. The summed E-state index contributed by atoms with van der Waals surface area (Å²) in [5.74, 6) is -0.791. The largest absolute Gasteiger partial charge is 0.353 e. The van der Waals surface area contributed by atoms with E-state index in [1.165, 1.54) is 4.90 Å². The molecule has 1 saturated carbocycles. The lowest BCUT2D eigenvalue weighted by Crippen LogP contribution is -2.44. The molecule has 2 bridgehead atoms. The fourth-order valence-corrected chi connectivity index (χ4v) is 5.33. The standard InChI is InChI=1S/C23H29N3O3/c1-3-25(4-2)18(15-8-6-5-7-9-15)13-24-19(27)14-26-22(28)20-16-10-11-17(12-16)21(20)23(26)29/h5-11,16-18,20-21H,3-4,12-14H2,1-2H3,(H,24,27). The Balaban J connectivity index is 1.39. The molecule has 2 aliphatic carbocycles. The molecule has 154 valence electrons. The van der Waals surface area contributed by atoms with E-state index < -0.39 is 0 Å². The van der Waals surface area contributed by atoms with Crippen molar-refractivity contribution in [3.63, 3.8) is 0 Å². The number of hydrogen-bond donors (Lipinski definition) is 1. The van der Waals surface area contributed by atoms with Crippen molar-refractivity contribution in [2.24, 2.45) is 23.7 Å². The summed E-state index contributed by atoms with van der Waals surface area (Å²) in [5, 5.41) is 2.96. The summed E-state index contributed by atoms with van der Waals surface area (Å²) in [6, 6.07) is 10.1. The van der Waals surface area contributed by atoms with E-state index in [-0.39, 0.29) is 54.0 Å². The van der Waals surface area contributed by atoms with Gasteiger partial charge in [0, 0.05) is 6.54 Å². The van der Waals surface area contributed by atoms with Gasteiger partial charge < -0.3 is 5.32 Å². The van der Waals surface area contributed by atoms with Gasteiger partial charge in [-0.25, -0.2) is 0 Å². The molecule has 1 saturated heterocycles. The van der Waals surface area contributed by atoms with Crippen molar-refractivity contribution < 1.29 is 14.4 Å². The Morgan fingerprint density at radius 1 is 1.07 bits per heavy atom. The number of allylic oxidation sites excluding steroid dienone is 2. The van der Waals surface area contributed by atoms with Crippen LogP contribution in [0.1, 0.15) is 31.9 Å². The summed E-state index contributed by atoms with van der Waals surface area (Å²) in [6.45, 7) is 6.21. The minimum atomic E-state index is -0.278. The third-order valence-electron chi connectivity index (χ3n) is 6.79. The van der Waals surface area contributed by atoms with Crippen LogP contribution in [-0.4, -0.2) is 53.7 Å². The lowest BCUT2D eigenvalue weighted by atomic mass is 9.85. The fraction of sp³-hybridized carbons (Fsp3) is 0.522. The van der Waals surface area contributed by atoms with Crippen LogP contribution >= 0.6 is 0 Å². The molecular formula is C23H29N3O3. The Morgan fingerprint density at radius 3 is 2.21 bits per heavy atom. The van der Waals surface area contributed by atoms with Crippen molar-refractivity contribution in [1.29, 1.82) is 0 Å². The van der Waals surface area contributed by atoms with Gasteiger partial charge in [-0.2, -0.15) is 0 Å². The van der Waals surface area contributed by atoms with Gasteiger partial charge in [0.1, 0.15) is 6.54 Å². The van der Waals surface area contributed by atoms with Gasteiger partial charge >= 0.3 is 0 Å². The van der Waals surface area contributed by atoms with Crippen molar-refractivity contribution in [2.75, 3.05) is 26.2 Å². The number of nitrogens with zero attached hydrogens (tertiary/aromatic N) is 2. The third kappa shape index (κ3) is 3.50. The minimum absolute atomic E-state index is 0.0551. The summed E-state index contributed by atoms with van der Waals surface area (Å²) < 4.78 is 0. The van der Waals surface area contributed by atoms with Crippen LogP contribution in [0.4, 0.5) is 0 Å². The average Bonchev–Trinajstić information content (AvgIpc) is 3.42. The molecule has 1 N–H and O–H groups in total. The first-order chi connectivity index (χ1) is 14.0. The minimum Gasteiger partial charge on any atom is -0.353 e. The van der Waals surface area contributed by atoms with Gasteiger partial charge in [0.25, 0.3) is 0 Å². The highest BCUT2D eigenvalue weighted by Gasteiger charge is 2.59. The summed E-state index contributed by atoms with van der Waals surface area (Å²) in [5.41, 5.74) is 1.14. The normalized spacial score (nSPS) is 28.3. The Bertz CT molecular complexity index is 788. The number of likely N-dealkylation sites (N-methyl/N-ethyl adjacent to an activating group) is 1. The quantitative estimate of drug-likeness (QED) is 0.540. The van der Waals surface area contributed by atoms with Gasteiger partial charge in [-0.1, -0.05) is 56.3 Å². The van der Waals surface area contributed by atoms with Crippen molar-refractivity contribution >= 4 is 17.7 Å². The molecule has 1 heterocycles. The molecule has 6 heteroatoms. The van der Waals surface area contributed by atoms with Crippen molar-refractivity contribution in [3.8, 4) is 0 Å². The van der Waals surface area contributed by atoms with E-state index >= 15 is 0 Å². The number of likely N-dealkylation sites (tertiary alicyclic amines) is 1. The van der Waals surface area contributed by atoms with E-state index in [2.05, 4.69) is 48.3 Å². The molecule has 4 rings (SSSR count). The maximum atomic E-state index is 12.8. The first kappa shape index (κ1) is 19.8. The number of nitrogens with one attached hydrogen (secondary N) is 1. The second kappa shape index (κ2) is 8.11. The monoisotopic (exact) mass is 395 g/mol. The molecule has 6 nitrogen and oxygen atoms in total. The number of benzene rings is 1. The number of rotatable bonds is 8. The zero-order valence-electron chi connectivity index (χ0n) is 17.1. The lowest BCUT2D eigenvalue weighted by Gasteiger charge is -2.30. The van der Waals surface area contributed by atoms with E-state index in [9.17, 15) is 14.4 Å². The fourth-order valence-electron chi connectivity index (χ4n) is 5.33. The lowest BCUT2D eigenvalue weighted by molar-refractivity contribution is -0.144. The molecule has 3 amide bonds. The van der Waals surface area contributed by atoms with E-state index in [0.29, 0.717) is 6.54 Å². The third-order valence-corrected chi connectivity index (χ3v) is 6.79. The molecule has 5 unspecified atom stereocenters. The van der Waals surface area contributed by atoms with Crippen LogP contribution in [0.15, 0.2) is 42.5 Å². The first-order valence-corrected chi connectivity index (χ1v) is 10.6. The molecule has 1 aromatic rings. The van der Waals surface area contributed by atoms with Gasteiger partial charge in [-0.15, -0.1) is 0 Å². The number of amides is 3. The molecule has 0 radical (unpaired) electrons. The Kier molecular flexibility index (Phi) is 5.54. The molecular weight excluding hydrogens is 366 g/mol. The summed E-state index contributed by atoms with van der Waals surface area (Å²) in [6.07, 6.45) is 5.03. The Hall–Kier alpha value is -2.47. The van der Waals surface area contributed by atoms with Crippen LogP contribution in [0.2, 0.25) is 0 Å². The zero-order valence-corrected chi connectivity index (χ0v) is 17.1. The van der Waals surface area contributed by atoms with E-state index in [1.807, 2.05) is 18.2 Å². The molecule has 1 aromatic carbocycles. The Morgan fingerprint density at radius 2 is 1.66 bits per heavy atom. The number of fused-ring (bicyclic) bond motifs is 5. The number of carbonyl (C=O) groups excluding carboxylic acids is 3. The molecule has 5 atom stereocenters. The van der Waals surface area contributed by atoms with Crippen molar-refractivity contribution in [3.05, 3.63) is 48.0 Å². The first-order valence-electron chi connectivity index (χ1n) is 10.6. The van der Waals surface area contributed by atoms with Gasteiger partial charge in [-0.3, -0.25) is 24.2 Å². The number of carbonyl (C=O) groups is 3. The maximum absolute atomic E-state index is 12.8. The number of imide groups is 1. The van der Waals surface area contributed by atoms with Crippen LogP contribution in [0.3, 0.4) is 0 Å². The van der Waals surface area contributed by atoms with Gasteiger partial charge in [0.2, 0.25) is 17.7 Å². The SMILES string of the molecule is CCN(CC)C(CNC(=O)CN1C(=O)C2C3C=CC(C3)C2C1=O)c1ccccc1. The molecule has 3 aliphatic rings. The predicted octanol–water partition coefficient (Wildman–Crippen LogP) is 1.99. The van der Waals surface area contributed by atoms with Gasteiger partial charge in [-0.05, 0) is 36.9 Å². The smallest absolute Gasteiger partial charge is 0.240 e. The van der Waals surface area contributed by atoms with Gasteiger partial charge in [0.05, 0.1) is 17.9 Å². The van der Waals surface area contributed by atoms with Crippen LogP contribution in [0.5, 0.6) is 0 Å². The highest BCUT2D eigenvalue weighted by molar-refractivity contribution is 6.08. The zero-order chi connectivity index (χ0) is 20.5. The highest BCUT2D eigenvalue weighted by Crippen LogP contribution is 2.52. The molecule has 1 aliphatic heterocycles. The van der Waals surface area contributed by atoms with Crippen LogP contribution in [0, 0.1) is 23.7 Å². The van der Waals surface area contributed by atoms with E-state index in [4.69, 9.17) is 0 Å². The molecule has 29 heavy (non-hydrogen) atoms. The van der Waals surface area contributed by atoms with Crippen LogP contribution < -0.4 is 5.32 Å². The van der Waals surface area contributed by atoms with Crippen molar-refractivity contribution in [1.82, 2.24) is 15.1 Å². The molecule has 0 aromatic heterocycles. The van der Waals surface area contributed by atoms with E-state index in [0.717, 1.165) is 25.1 Å². The highest BCUT2D eigenvalue weighted by atomic mass is 16.2. The second-order valence-electron chi connectivity index (χ2n) is 8.21. The van der Waals surface area contributed by atoms with Crippen LogP contribution in [-0.2, 0) is 14.4 Å². The van der Waals surface area contributed by atoms with Crippen molar-refractivity contribution in [2.45, 2.75) is 26.3 Å². The topological polar surface area (TPSA) is 69.7 Å². The summed E-state index contributed by atoms with van der Waals surface area (Å²) >= 11 is 0. The summed E-state index contributed by atoms with van der Waals surface area (Å²) in [7, 11) is 0. The number of hydrogen-bond acceptors (Lipinski definition) is 4. The predicted molar refractivity (Wildman–Crippen MR) is 110 cm³/mol. The summed E-state index contributed by atoms with van der Waals surface area (Å²) in [4.78, 5) is 41.6. The van der Waals surface area contributed by atoms with E-state index in [1.54, 1.807) is 0 Å². The molecule has 0 spiro atoms. The van der Waals surface area contributed by atoms with Gasteiger partial charge in [0.15, 0.2) is 0 Å².